The zero-order chi connectivity index (χ0) is 24.4. The van der Waals surface area contributed by atoms with E-state index in [0.717, 1.165) is 12.1 Å². The number of nitrogens with zero attached hydrogens (tertiary/aromatic N) is 1. The summed E-state index contributed by atoms with van der Waals surface area (Å²) in [4.78, 5) is 25.4. The summed E-state index contributed by atoms with van der Waals surface area (Å²) in [5.74, 6) is -4.76. The molecule has 0 saturated carbocycles. The molecule has 1 amide bonds. The number of aromatic carboxylic acids is 1. The molecule has 1 heterocycles. The highest BCUT2D eigenvalue weighted by molar-refractivity contribution is 5.87. The van der Waals surface area contributed by atoms with Crippen molar-refractivity contribution >= 4 is 11.9 Å². The molecule has 3 rings (SSSR count). The Kier molecular flexibility index (Phi) is 7.06. The zero-order valence-corrected chi connectivity index (χ0v) is 17.7. The molecule has 0 bridgehead atoms. The average molecular weight is 470 g/mol. The van der Waals surface area contributed by atoms with Gasteiger partial charge in [-0.05, 0) is 42.3 Å². The normalized spacial score (nSPS) is 19.6. The fraction of sp³-hybridized carbons (Fsp3) is 0.391. The Morgan fingerprint density at radius 2 is 1.73 bits per heavy atom. The molecule has 1 saturated heterocycles. The smallest absolute Gasteiger partial charge is 0.416 e. The first-order valence-electron chi connectivity index (χ1n) is 10.3. The molecule has 0 radical (unpaired) electrons. The van der Waals surface area contributed by atoms with E-state index < -0.39 is 54.5 Å². The molecule has 2 unspecified atom stereocenters. The summed E-state index contributed by atoms with van der Waals surface area (Å²) in [6.07, 6.45) is -5.64. The quantitative estimate of drug-likeness (QED) is 0.591. The third-order valence-corrected chi connectivity index (χ3v) is 5.68. The summed E-state index contributed by atoms with van der Waals surface area (Å²) >= 11 is 0. The van der Waals surface area contributed by atoms with Crippen molar-refractivity contribution in [3.8, 4) is 0 Å². The van der Waals surface area contributed by atoms with Crippen molar-refractivity contribution in [3.05, 3.63) is 70.8 Å². The number of likely N-dealkylation sites (tertiary alicyclic amines) is 1. The lowest BCUT2D eigenvalue weighted by molar-refractivity contribution is -0.138. The second-order valence-corrected chi connectivity index (χ2v) is 8.15. The highest BCUT2D eigenvalue weighted by atomic mass is 19.4. The van der Waals surface area contributed by atoms with Crippen LogP contribution in [-0.2, 0) is 17.5 Å². The van der Waals surface area contributed by atoms with Gasteiger partial charge in [0.1, 0.15) is 0 Å². The lowest BCUT2D eigenvalue weighted by Gasteiger charge is -2.39. The molecule has 178 valence electrons. The summed E-state index contributed by atoms with van der Waals surface area (Å²) in [7, 11) is 0. The van der Waals surface area contributed by atoms with Gasteiger partial charge in [0.25, 0.3) is 5.92 Å². The molecule has 0 spiro atoms. The standard InChI is InChI=1S/C23H23F5N2O3/c1-14(16-4-6-17(7-5-16)21(32)33)29-20(31)19-12-22(24,25)10-11-30(19)13-15-2-8-18(9-3-15)23(26,27)28/h2-9,14,19H,10-13H2,1H3,(H,29,31)(H,32,33). The molecular weight excluding hydrogens is 447 g/mol. The van der Waals surface area contributed by atoms with Gasteiger partial charge in [-0.1, -0.05) is 24.3 Å². The van der Waals surface area contributed by atoms with Crippen molar-refractivity contribution in [3.63, 3.8) is 0 Å². The minimum absolute atomic E-state index is 0.0496. The van der Waals surface area contributed by atoms with Crippen molar-refractivity contribution in [2.24, 2.45) is 0 Å². The van der Waals surface area contributed by atoms with Gasteiger partial charge in [0.05, 0.1) is 23.2 Å². The number of hydrogen-bond donors (Lipinski definition) is 2. The van der Waals surface area contributed by atoms with Crippen LogP contribution in [0.5, 0.6) is 0 Å². The zero-order valence-electron chi connectivity index (χ0n) is 17.7. The Hall–Kier alpha value is -3.01. The molecule has 1 aliphatic heterocycles. The van der Waals surface area contributed by atoms with Crippen molar-refractivity contribution < 1.29 is 36.6 Å². The second kappa shape index (κ2) is 9.46. The van der Waals surface area contributed by atoms with E-state index in [0.29, 0.717) is 11.1 Å². The van der Waals surface area contributed by atoms with Gasteiger partial charge in [0.15, 0.2) is 0 Å². The predicted molar refractivity (Wildman–Crippen MR) is 110 cm³/mol. The molecule has 0 aromatic heterocycles. The molecule has 0 aliphatic carbocycles. The highest BCUT2D eigenvalue weighted by Gasteiger charge is 2.43. The SMILES string of the molecule is CC(NC(=O)C1CC(F)(F)CCN1Cc1ccc(C(F)(F)F)cc1)c1ccc(C(=O)O)cc1. The maximum Gasteiger partial charge on any atom is 0.416 e. The largest absolute Gasteiger partial charge is 0.478 e. The van der Waals surface area contributed by atoms with E-state index in [1.807, 2.05) is 0 Å². The number of amides is 1. The fourth-order valence-corrected chi connectivity index (χ4v) is 3.77. The van der Waals surface area contributed by atoms with Gasteiger partial charge < -0.3 is 10.4 Å². The van der Waals surface area contributed by atoms with E-state index in [-0.39, 0.29) is 18.7 Å². The first-order valence-corrected chi connectivity index (χ1v) is 10.3. The first kappa shape index (κ1) is 24.6. The van der Waals surface area contributed by atoms with Gasteiger partial charge >= 0.3 is 12.1 Å². The summed E-state index contributed by atoms with van der Waals surface area (Å²) < 4.78 is 66.5. The van der Waals surface area contributed by atoms with Crippen LogP contribution in [-0.4, -0.2) is 40.4 Å². The average Bonchev–Trinajstić information content (AvgIpc) is 2.74. The number of carboxylic acids is 1. The number of carboxylic acid groups (broad SMARTS) is 1. The Labute approximate surface area is 187 Å². The lowest BCUT2D eigenvalue weighted by atomic mass is 9.96. The van der Waals surface area contributed by atoms with Gasteiger partial charge in [-0.25, -0.2) is 13.6 Å². The third-order valence-electron chi connectivity index (χ3n) is 5.68. The van der Waals surface area contributed by atoms with Crippen molar-refractivity contribution in [1.82, 2.24) is 10.2 Å². The predicted octanol–water partition coefficient (Wildman–Crippen LogP) is 4.88. The Balaban J connectivity index is 1.72. The number of alkyl halides is 5. The molecule has 1 fully saturated rings. The topological polar surface area (TPSA) is 69.6 Å². The molecule has 2 aromatic carbocycles. The monoisotopic (exact) mass is 470 g/mol. The third kappa shape index (κ3) is 6.28. The van der Waals surface area contributed by atoms with E-state index in [2.05, 4.69) is 5.32 Å². The first-order chi connectivity index (χ1) is 15.4. The molecule has 2 N–H and O–H groups in total. The van der Waals surface area contributed by atoms with E-state index in [1.165, 1.54) is 41.3 Å². The number of carbonyl (C=O) groups is 2. The number of hydrogen-bond acceptors (Lipinski definition) is 3. The molecule has 1 aliphatic rings. The Morgan fingerprint density at radius 1 is 1.12 bits per heavy atom. The molecule has 10 heteroatoms. The van der Waals surface area contributed by atoms with Gasteiger partial charge in [-0.15, -0.1) is 0 Å². The molecule has 2 aromatic rings. The number of nitrogens with one attached hydrogen (secondary N) is 1. The van der Waals surface area contributed by atoms with E-state index in [4.69, 9.17) is 5.11 Å². The summed E-state index contributed by atoms with van der Waals surface area (Å²) in [5, 5.41) is 11.7. The van der Waals surface area contributed by atoms with Gasteiger partial charge in [-0.2, -0.15) is 13.2 Å². The summed E-state index contributed by atoms with van der Waals surface area (Å²) in [5.41, 5.74) is 0.342. The van der Waals surface area contributed by atoms with Crippen LogP contribution in [0.3, 0.4) is 0 Å². The van der Waals surface area contributed by atoms with Crippen molar-refractivity contribution in [2.75, 3.05) is 6.54 Å². The van der Waals surface area contributed by atoms with E-state index >= 15 is 0 Å². The van der Waals surface area contributed by atoms with Gasteiger partial charge in [-0.3, -0.25) is 9.69 Å². The molecule has 5 nitrogen and oxygen atoms in total. The van der Waals surface area contributed by atoms with Gasteiger partial charge in [0, 0.05) is 25.9 Å². The number of benzene rings is 2. The number of carbonyl (C=O) groups excluding carboxylic acids is 1. The number of rotatable bonds is 6. The van der Waals surface area contributed by atoms with Crippen molar-refractivity contribution in [1.29, 1.82) is 0 Å². The maximum atomic E-state index is 14.1. The number of halogens is 5. The van der Waals surface area contributed by atoms with E-state index in [9.17, 15) is 31.5 Å². The van der Waals surface area contributed by atoms with E-state index in [1.54, 1.807) is 6.92 Å². The molecule has 2 atom stereocenters. The van der Waals surface area contributed by atoms with Crippen LogP contribution in [0.2, 0.25) is 0 Å². The van der Waals surface area contributed by atoms with Crippen LogP contribution < -0.4 is 5.32 Å². The maximum absolute atomic E-state index is 14.1. The summed E-state index contributed by atoms with van der Waals surface area (Å²) in [6.45, 7) is 1.61. The highest BCUT2D eigenvalue weighted by Crippen LogP contribution is 2.34. The van der Waals surface area contributed by atoms with Gasteiger partial charge in [0.2, 0.25) is 5.91 Å². The molecular formula is C23H23F5N2O3. The second-order valence-electron chi connectivity index (χ2n) is 8.15. The van der Waals surface area contributed by atoms with Crippen LogP contribution >= 0.6 is 0 Å². The van der Waals surface area contributed by atoms with Crippen LogP contribution in [0.15, 0.2) is 48.5 Å². The minimum atomic E-state index is -4.48. The fourth-order valence-electron chi connectivity index (χ4n) is 3.77. The summed E-state index contributed by atoms with van der Waals surface area (Å²) in [6, 6.07) is 8.48. The van der Waals surface area contributed by atoms with Crippen LogP contribution in [0.1, 0.15) is 52.9 Å². The number of piperidine rings is 1. The molecule has 33 heavy (non-hydrogen) atoms. The van der Waals surface area contributed by atoms with Crippen molar-refractivity contribution in [2.45, 2.75) is 50.5 Å². The Morgan fingerprint density at radius 3 is 2.27 bits per heavy atom. The Bertz CT molecular complexity index is 991. The van der Waals surface area contributed by atoms with Crippen LogP contribution in [0.25, 0.3) is 0 Å². The van der Waals surface area contributed by atoms with Crippen LogP contribution in [0, 0.1) is 0 Å². The van der Waals surface area contributed by atoms with Crippen LogP contribution in [0.4, 0.5) is 22.0 Å². The lowest BCUT2D eigenvalue weighted by Crippen LogP contribution is -2.54. The minimum Gasteiger partial charge on any atom is -0.478 e.